The van der Waals surface area contributed by atoms with Crippen LogP contribution >= 0.6 is 0 Å². The minimum Gasteiger partial charge on any atom is -0.349 e. The van der Waals surface area contributed by atoms with Crippen molar-refractivity contribution in [3.8, 4) is 0 Å². The molecule has 0 aromatic carbocycles. The van der Waals surface area contributed by atoms with Crippen LogP contribution in [0.5, 0.6) is 0 Å². The van der Waals surface area contributed by atoms with Crippen molar-refractivity contribution in [2.45, 2.75) is 33.2 Å². The van der Waals surface area contributed by atoms with Gasteiger partial charge in [-0.15, -0.1) is 0 Å². The molecule has 4 heteroatoms. The van der Waals surface area contributed by atoms with E-state index in [-0.39, 0.29) is 17.9 Å². The molecule has 2 atom stereocenters. The number of hydrogen-bond acceptors (Lipinski definition) is 3. The van der Waals surface area contributed by atoms with E-state index >= 15 is 0 Å². The van der Waals surface area contributed by atoms with Gasteiger partial charge in [-0.25, -0.2) is 0 Å². The second-order valence-electron chi connectivity index (χ2n) is 5.07. The maximum atomic E-state index is 12.1. The van der Waals surface area contributed by atoms with Crippen molar-refractivity contribution in [3.05, 3.63) is 30.1 Å². The van der Waals surface area contributed by atoms with E-state index in [0.29, 0.717) is 12.5 Å². The Morgan fingerprint density at radius 3 is 2.44 bits per heavy atom. The molecule has 4 nitrogen and oxygen atoms in total. The number of amides is 1. The van der Waals surface area contributed by atoms with Gasteiger partial charge in [0.2, 0.25) is 5.91 Å². The smallest absolute Gasteiger partial charge is 0.224 e. The van der Waals surface area contributed by atoms with E-state index in [4.69, 9.17) is 5.73 Å². The molecule has 18 heavy (non-hydrogen) atoms. The molecule has 1 heterocycles. The summed E-state index contributed by atoms with van der Waals surface area (Å²) in [5.74, 6) is 0.408. The molecule has 1 rings (SSSR count). The molecule has 0 aliphatic rings. The maximum absolute atomic E-state index is 12.1. The summed E-state index contributed by atoms with van der Waals surface area (Å²) in [6, 6.07) is 3.80. The number of carbonyl (C=O) groups excluding carboxylic acids is 1. The van der Waals surface area contributed by atoms with Crippen molar-refractivity contribution < 1.29 is 4.79 Å². The van der Waals surface area contributed by atoms with Crippen LogP contribution < -0.4 is 11.1 Å². The topological polar surface area (TPSA) is 68.0 Å². The molecular formula is C14H23N3O. The lowest BCUT2D eigenvalue weighted by Gasteiger charge is -2.20. The third-order valence-corrected chi connectivity index (χ3v) is 2.98. The van der Waals surface area contributed by atoms with Crippen LogP contribution in [0.1, 0.15) is 38.8 Å². The Bertz CT molecular complexity index is 365. The van der Waals surface area contributed by atoms with Gasteiger partial charge in [-0.1, -0.05) is 13.8 Å². The molecule has 0 radical (unpaired) electrons. The standard InChI is InChI=1S/C14H23N3O/c1-10(2)8-13(9-15)14(18)17-11(3)12-4-6-16-7-5-12/h4-7,10-11,13H,8-9,15H2,1-3H3,(H,17,18)/t11-,13?/m1/s1. The molecule has 0 bridgehead atoms. The molecule has 1 unspecified atom stereocenters. The molecule has 0 fully saturated rings. The number of carbonyl (C=O) groups is 1. The summed E-state index contributed by atoms with van der Waals surface area (Å²) in [7, 11) is 0. The third-order valence-electron chi connectivity index (χ3n) is 2.98. The van der Waals surface area contributed by atoms with Crippen LogP contribution in [0, 0.1) is 11.8 Å². The third kappa shape index (κ3) is 4.45. The number of nitrogens with one attached hydrogen (secondary N) is 1. The van der Waals surface area contributed by atoms with Crippen LogP contribution in [0.2, 0.25) is 0 Å². The lowest BCUT2D eigenvalue weighted by atomic mass is 9.96. The Hall–Kier alpha value is -1.42. The molecule has 1 aromatic rings. The Labute approximate surface area is 109 Å². The quantitative estimate of drug-likeness (QED) is 0.809. The summed E-state index contributed by atoms with van der Waals surface area (Å²) in [4.78, 5) is 16.1. The number of nitrogens with zero attached hydrogens (tertiary/aromatic N) is 1. The Kier molecular flexibility index (Phi) is 5.78. The molecule has 0 aliphatic heterocycles. The van der Waals surface area contributed by atoms with E-state index in [1.165, 1.54) is 0 Å². The zero-order chi connectivity index (χ0) is 13.5. The van der Waals surface area contributed by atoms with Gasteiger partial charge in [-0.05, 0) is 37.0 Å². The highest BCUT2D eigenvalue weighted by Gasteiger charge is 2.20. The monoisotopic (exact) mass is 249 g/mol. The van der Waals surface area contributed by atoms with Crippen LogP contribution in [0.25, 0.3) is 0 Å². The van der Waals surface area contributed by atoms with Crippen molar-refractivity contribution in [3.63, 3.8) is 0 Å². The number of rotatable bonds is 6. The van der Waals surface area contributed by atoms with Crippen LogP contribution in [-0.2, 0) is 4.79 Å². The van der Waals surface area contributed by atoms with Crippen molar-refractivity contribution in [1.82, 2.24) is 10.3 Å². The predicted molar refractivity (Wildman–Crippen MR) is 72.8 cm³/mol. The van der Waals surface area contributed by atoms with E-state index in [2.05, 4.69) is 24.1 Å². The van der Waals surface area contributed by atoms with E-state index in [1.54, 1.807) is 12.4 Å². The van der Waals surface area contributed by atoms with E-state index in [0.717, 1.165) is 12.0 Å². The average Bonchev–Trinajstić information content (AvgIpc) is 2.36. The van der Waals surface area contributed by atoms with E-state index in [9.17, 15) is 4.79 Å². The predicted octanol–water partition coefficient (Wildman–Crippen LogP) is 1.88. The normalized spacial score (nSPS) is 14.3. The fourth-order valence-corrected chi connectivity index (χ4v) is 1.95. The molecule has 0 saturated heterocycles. The minimum atomic E-state index is -0.103. The first-order valence-electron chi connectivity index (χ1n) is 6.45. The van der Waals surface area contributed by atoms with Crippen molar-refractivity contribution >= 4 is 5.91 Å². The minimum absolute atomic E-state index is 0.0123. The second-order valence-corrected chi connectivity index (χ2v) is 5.07. The van der Waals surface area contributed by atoms with Crippen LogP contribution in [0.15, 0.2) is 24.5 Å². The first-order valence-corrected chi connectivity index (χ1v) is 6.45. The Balaban J connectivity index is 2.58. The van der Waals surface area contributed by atoms with Gasteiger partial charge in [-0.2, -0.15) is 0 Å². The molecule has 0 spiro atoms. The molecular weight excluding hydrogens is 226 g/mol. The number of aromatic nitrogens is 1. The number of pyridine rings is 1. The van der Waals surface area contributed by atoms with E-state index < -0.39 is 0 Å². The Morgan fingerprint density at radius 1 is 1.33 bits per heavy atom. The molecule has 100 valence electrons. The van der Waals surface area contributed by atoms with Gasteiger partial charge >= 0.3 is 0 Å². The molecule has 0 aliphatic carbocycles. The lowest BCUT2D eigenvalue weighted by molar-refractivity contribution is -0.125. The highest BCUT2D eigenvalue weighted by molar-refractivity contribution is 5.79. The SMILES string of the molecule is CC(C)CC(CN)C(=O)N[C@H](C)c1ccncc1. The van der Waals surface area contributed by atoms with Gasteiger partial charge in [-0.3, -0.25) is 9.78 Å². The molecule has 1 amide bonds. The highest BCUT2D eigenvalue weighted by Crippen LogP contribution is 2.14. The summed E-state index contributed by atoms with van der Waals surface area (Å²) in [5.41, 5.74) is 6.72. The zero-order valence-electron chi connectivity index (χ0n) is 11.4. The number of nitrogens with two attached hydrogens (primary N) is 1. The molecule has 3 N–H and O–H groups in total. The zero-order valence-corrected chi connectivity index (χ0v) is 11.4. The average molecular weight is 249 g/mol. The van der Waals surface area contributed by atoms with Crippen LogP contribution in [0.3, 0.4) is 0 Å². The maximum Gasteiger partial charge on any atom is 0.224 e. The summed E-state index contributed by atoms with van der Waals surface area (Å²) in [6.07, 6.45) is 4.28. The van der Waals surface area contributed by atoms with Gasteiger partial charge in [0, 0.05) is 18.9 Å². The molecule has 1 aromatic heterocycles. The summed E-state index contributed by atoms with van der Waals surface area (Å²) < 4.78 is 0. The lowest BCUT2D eigenvalue weighted by Crippen LogP contribution is -2.37. The first kappa shape index (κ1) is 14.6. The van der Waals surface area contributed by atoms with Crippen molar-refractivity contribution in [2.24, 2.45) is 17.6 Å². The molecule has 0 saturated carbocycles. The van der Waals surface area contributed by atoms with Crippen LogP contribution in [-0.4, -0.2) is 17.4 Å². The van der Waals surface area contributed by atoms with Crippen molar-refractivity contribution in [2.75, 3.05) is 6.54 Å². The summed E-state index contributed by atoms with van der Waals surface area (Å²) in [5, 5.41) is 3.01. The van der Waals surface area contributed by atoms with Crippen LogP contribution in [0.4, 0.5) is 0 Å². The van der Waals surface area contributed by atoms with Crippen molar-refractivity contribution in [1.29, 1.82) is 0 Å². The Morgan fingerprint density at radius 2 is 1.94 bits per heavy atom. The summed E-state index contributed by atoms with van der Waals surface area (Å²) >= 11 is 0. The van der Waals surface area contributed by atoms with Gasteiger partial charge in [0.1, 0.15) is 0 Å². The number of hydrogen-bond donors (Lipinski definition) is 2. The van der Waals surface area contributed by atoms with Gasteiger partial charge in [0.15, 0.2) is 0 Å². The summed E-state index contributed by atoms with van der Waals surface area (Å²) in [6.45, 7) is 6.56. The highest BCUT2D eigenvalue weighted by atomic mass is 16.1. The fraction of sp³-hybridized carbons (Fsp3) is 0.571. The largest absolute Gasteiger partial charge is 0.349 e. The fourth-order valence-electron chi connectivity index (χ4n) is 1.95. The van der Waals surface area contributed by atoms with E-state index in [1.807, 2.05) is 19.1 Å². The van der Waals surface area contributed by atoms with Gasteiger partial charge in [0.05, 0.1) is 12.0 Å². The first-order chi connectivity index (χ1) is 8.54. The van der Waals surface area contributed by atoms with Gasteiger partial charge in [0.25, 0.3) is 0 Å². The second kappa shape index (κ2) is 7.11. The van der Waals surface area contributed by atoms with Gasteiger partial charge < -0.3 is 11.1 Å².